The number of hydrogen-bond donors (Lipinski definition) is 2. The summed E-state index contributed by atoms with van der Waals surface area (Å²) in [5.41, 5.74) is 2.70. The van der Waals surface area contributed by atoms with E-state index in [4.69, 9.17) is 4.74 Å². The predicted octanol–water partition coefficient (Wildman–Crippen LogP) is 5.12. The number of para-hydroxylation sites is 2. The van der Waals surface area contributed by atoms with Gasteiger partial charge in [-0.2, -0.15) is 0 Å². The smallest absolute Gasteiger partial charge is 0.255 e. The van der Waals surface area contributed by atoms with Gasteiger partial charge < -0.3 is 15.4 Å². The highest BCUT2D eigenvalue weighted by atomic mass is 19.1. The largest absolute Gasteiger partial charge is 0.495 e. The molecule has 0 bridgehead atoms. The van der Waals surface area contributed by atoms with Crippen LogP contribution in [0.25, 0.3) is 0 Å². The van der Waals surface area contributed by atoms with Gasteiger partial charge in [0.15, 0.2) is 0 Å². The van der Waals surface area contributed by atoms with E-state index in [1.165, 1.54) is 6.07 Å². The highest BCUT2D eigenvalue weighted by Gasteiger charge is 2.25. The van der Waals surface area contributed by atoms with Gasteiger partial charge in [-0.1, -0.05) is 24.3 Å². The number of halogens is 1. The van der Waals surface area contributed by atoms with Crippen molar-refractivity contribution >= 4 is 23.2 Å². The Hall–Kier alpha value is -3.71. The minimum atomic E-state index is -0.259. The number of hydrogen-bond acceptors (Lipinski definition) is 4. The fourth-order valence-corrected chi connectivity index (χ4v) is 4.47. The number of nitrogens with zero attached hydrogens (tertiary/aromatic N) is 1. The van der Waals surface area contributed by atoms with Crippen molar-refractivity contribution < 1.29 is 18.7 Å². The Labute approximate surface area is 205 Å². The van der Waals surface area contributed by atoms with E-state index in [0.717, 1.165) is 31.4 Å². The molecule has 2 N–H and O–H groups in total. The summed E-state index contributed by atoms with van der Waals surface area (Å²) >= 11 is 0. The van der Waals surface area contributed by atoms with Crippen LogP contribution in [0.3, 0.4) is 0 Å². The van der Waals surface area contributed by atoms with Gasteiger partial charge >= 0.3 is 0 Å². The third kappa shape index (κ3) is 6.67. The van der Waals surface area contributed by atoms with Crippen LogP contribution in [0.4, 0.5) is 15.8 Å². The zero-order valence-corrected chi connectivity index (χ0v) is 19.8. The first-order chi connectivity index (χ1) is 17.0. The molecule has 0 aromatic heterocycles. The van der Waals surface area contributed by atoms with Crippen LogP contribution in [0.5, 0.6) is 5.75 Å². The molecule has 1 atom stereocenters. The molecule has 4 rings (SSSR count). The van der Waals surface area contributed by atoms with E-state index in [-0.39, 0.29) is 17.6 Å². The number of likely N-dealkylation sites (tertiary alicyclic amines) is 1. The number of anilines is 2. The summed E-state index contributed by atoms with van der Waals surface area (Å²) in [5.74, 6) is 0.0361. The molecule has 7 heteroatoms. The Morgan fingerprint density at radius 3 is 2.60 bits per heavy atom. The lowest BCUT2D eigenvalue weighted by Gasteiger charge is -2.24. The summed E-state index contributed by atoms with van der Waals surface area (Å²) in [6, 6.07) is 21.1. The van der Waals surface area contributed by atoms with Crippen LogP contribution >= 0.6 is 0 Å². The maximum atomic E-state index is 13.5. The maximum Gasteiger partial charge on any atom is 0.255 e. The quantitative estimate of drug-likeness (QED) is 0.451. The number of ether oxygens (including phenoxy) is 1. The SMILES string of the molecule is COc1ccccc1NC(=O)c1ccc(NC(=O)CCN2CCCC2Cc2cccc(F)c2)cc1. The minimum Gasteiger partial charge on any atom is -0.495 e. The van der Waals surface area contributed by atoms with Crippen molar-refractivity contribution in [2.75, 3.05) is 30.8 Å². The molecule has 1 aliphatic rings. The van der Waals surface area contributed by atoms with E-state index in [1.54, 1.807) is 55.6 Å². The number of rotatable bonds is 9. The average Bonchev–Trinajstić information content (AvgIpc) is 3.30. The minimum absolute atomic E-state index is 0.0763. The molecule has 182 valence electrons. The molecule has 0 spiro atoms. The molecule has 2 amide bonds. The lowest BCUT2D eigenvalue weighted by molar-refractivity contribution is -0.116. The Balaban J connectivity index is 1.26. The maximum absolute atomic E-state index is 13.5. The predicted molar refractivity (Wildman–Crippen MR) is 135 cm³/mol. The molecule has 1 saturated heterocycles. The van der Waals surface area contributed by atoms with Crippen LogP contribution in [-0.4, -0.2) is 43.0 Å². The van der Waals surface area contributed by atoms with Gasteiger partial charge in [-0.15, -0.1) is 0 Å². The van der Waals surface area contributed by atoms with Crippen molar-refractivity contribution in [1.29, 1.82) is 0 Å². The van der Waals surface area contributed by atoms with Gasteiger partial charge in [0.05, 0.1) is 12.8 Å². The lowest BCUT2D eigenvalue weighted by atomic mass is 10.0. The van der Waals surface area contributed by atoms with Crippen LogP contribution in [0, 0.1) is 5.82 Å². The van der Waals surface area contributed by atoms with Gasteiger partial charge in [-0.05, 0) is 79.9 Å². The third-order valence-corrected chi connectivity index (χ3v) is 6.27. The molecule has 3 aromatic carbocycles. The molecular weight excluding hydrogens is 445 g/mol. The van der Waals surface area contributed by atoms with Crippen molar-refractivity contribution in [1.82, 2.24) is 4.90 Å². The number of amides is 2. The molecule has 0 saturated carbocycles. The Kier molecular flexibility index (Phi) is 8.11. The summed E-state index contributed by atoms with van der Waals surface area (Å²) in [7, 11) is 1.55. The van der Waals surface area contributed by atoms with Crippen LogP contribution in [0.1, 0.15) is 35.2 Å². The lowest BCUT2D eigenvalue weighted by Crippen LogP contribution is -2.33. The first kappa shape index (κ1) is 24.4. The first-order valence-electron chi connectivity index (χ1n) is 11.8. The van der Waals surface area contributed by atoms with Crippen LogP contribution in [-0.2, 0) is 11.2 Å². The van der Waals surface area contributed by atoms with E-state index in [1.807, 2.05) is 18.2 Å². The van der Waals surface area contributed by atoms with Crippen molar-refractivity contribution in [3.8, 4) is 5.75 Å². The standard InChI is InChI=1S/C28H30FN3O3/c1-35-26-10-3-2-9-25(26)31-28(34)21-11-13-23(14-12-21)30-27(33)15-17-32-16-5-8-24(32)19-20-6-4-7-22(29)18-20/h2-4,6-7,9-14,18,24H,5,8,15-17,19H2,1H3,(H,30,33)(H,31,34). The number of benzene rings is 3. The number of methoxy groups -OCH3 is 1. The normalized spacial score (nSPS) is 15.5. The monoisotopic (exact) mass is 475 g/mol. The third-order valence-electron chi connectivity index (χ3n) is 6.27. The van der Waals surface area contributed by atoms with Gasteiger partial charge in [-0.3, -0.25) is 14.5 Å². The van der Waals surface area contributed by atoms with Gasteiger partial charge in [0.25, 0.3) is 5.91 Å². The van der Waals surface area contributed by atoms with E-state index >= 15 is 0 Å². The fraction of sp³-hybridized carbons (Fsp3) is 0.286. The summed E-state index contributed by atoms with van der Waals surface area (Å²) in [6.07, 6.45) is 3.30. The van der Waals surface area contributed by atoms with E-state index < -0.39 is 0 Å². The number of carbonyl (C=O) groups is 2. The molecule has 1 fully saturated rings. The van der Waals surface area contributed by atoms with E-state index in [9.17, 15) is 14.0 Å². The molecule has 3 aromatic rings. The summed E-state index contributed by atoms with van der Waals surface area (Å²) < 4.78 is 18.8. The van der Waals surface area contributed by atoms with Gasteiger partial charge in [0.2, 0.25) is 5.91 Å². The second-order valence-corrected chi connectivity index (χ2v) is 8.70. The molecular formula is C28H30FN3O3. The van der Waals surface area contributed by atoms with Crippen molar-refractivity contribution in [2.24, 2.45) is 0 Å². The molecule has 0 aliphatic carbocycles. The second-order valence-electron chi connectivity index (χ2n) is 8.70. The molecule has 35 heavy (non-hydrogen) atoms. The van der Waals surface area contributed by atoms with Crippen LogP contribution in [0.15, 0.2) is 72.8 Å². The average molecular weight is 476 g/mol. The summed E-state index contributed by atoms with van der Waals surface area (Å²) in [5, 5.41) is 5.74. The van der Waals surface area contributed by atoms with Gasteiger partial charge in [0, 0.05) is 30.3 Å². The Bertz CT molecular complexity index is 1170. The van der Waals surface area contributed by atoms with Crippen LogP contribution < -0.4 is 15.4 Å². The molecule has 1 aliphatic heterocycles. The van der Waals surface area contributed by atoms with Crippen molar-refractivity contribution in [3.63, 3.8) is 0 Å². The molecule has 6 nitrogen and oxygen atoms in total. The second kappa shape index (κ2) is 11.6. The highest BCUT2D eigenvalue weighted by Crippen LogP contribution is 2.24. The summed E-state index contributed by atoms with van der Waals surface area (Å²) in [4.78, 5) is 27.4. The Morgan fingerprint density at radius 2 is 1.83 bits per heavy atom. The first-order valence-corrected chi connectivity index (χ1v) is 11.8. The summed E-state index contributed by atoms with van der Waals surface area (Å²) in [6.45, 7) is 1.61. The van der Waals surface area contributed by atoms with Crippen molar-refractivity contribution in [3.05, 3.63) is 89.7 Å². The van der Waals surface area contributed by atoms with Gasteiger partial charge in [-0.25, -0.2) is 4.39 Å². The molecule has 0 radical (unpaired) electrons. The molecule has 1 unspecified atom stereocenters. The topological polar surface area (TPSA) is 70.7 Å². The fourth-order valence-electron chi connectivity index (χ4n) is 4.47. The number of carbonyl (C=O) groups excluding carboxylic acids is 2. The van der Waals surface area contributed by atoms with Crippen molar-refractivity contribution in [2.45, 2.75) is 31.7 Å². The Morgan fingerprint density at radius 1 is 1.03 bits per heavy atom. The zero-order valence-electron chi connectivity index (χ0n) is 19.8. The highest BCUT2D eigenvalue weighted by molar-refractivity contribution is 6.05. The van der Waals surface area contributed by atoms with E-state index in [2.05, 4.69) is 15.5 Å². The van der Waals surface area contributed by atoms with Crippen LogP contribution in [0.2, 0.25) is 0 Å². The van der Waals surface area contributed by atoms with E-state index in [0.29, 0.717) is 41.7 Å². The zero-order chi connectivity index (χ0) is 24.6. The number of nitrogens with one attached hydrogen (secondary N) is 2. The molecule has 1 heterocycles. The van der Waals surface area contributed by atoms with Gasteiger partial charge in [0.1, 0.15) is 11.6 Å².